The van der Waals surface area contributed by atoms with E-state index in [4.69, 9.17) is 12.6 Å². The number of unbranched alkanes of at least 4 members (excludes halogenated alkanes) is 10. The monoisotopic (exact) mass is 364 g/mol. The Morgan fingerprint density at radius 2 is 1.05 bits per heavy atom. The summed E-state index contributed by atoms with van der Waals surface area (Å²) in [6.07, 6.45) is 15.2. The number of rotatable bonds is 14. The van der Waals surface area contributed by atoms with Gasteiger partial charge in [-0.05, 0) is 12.8 Å². The fourth-order valence-electron chi connectivity index (χ4n) is 2.46. The van der Waals surface area contributed by atoms with Crippen LogP contribution in [0.25, 0.3) is 0 Å². The maximum atomic E-state index is 11.4. The Morgan fingerprint density at radius 3 is 1.38 bits per heavy atom. The topological polar surface area (TPSA) is 20.3 Å². The Morgan fingerprint density at radius 1 is 0.714 bits per heavy atom. The number of amides is 1. The SMILES string of the molecule is CCCCCCCCN(CCCCCCCC)C(=O)[S-].[Zn]. The standard InChI is InChI=1S/C17H35NOS.Zn/c1-3-5-7-9-11-13-15-18(17(19)20)16-14-12-10-8-6-4-2;/h3-16H2,1-2H3,(H,19,20);/p-1. The summed E-state index contributed by atoms with van der Waals surface area (Å²) in [5, 5.41) is -0.160. The van der Waals surface area contributed by atoms with Crippen LogP contribution < -0.4 is 0 Å². The minimum atomic E-state index is -0.160. The van der Waals surface area contributed by atoms with Gasteiger partial charge in [0.2, 0.25) is 0 Å². The molecule has 0 rings (SSSR count). The van der Waals surface area contributed by atoms with E-state index in [0.29, 0.717) is 0 Å². The summed E-state index contributed by atoms with van der Waals surface area (Å²) < 4.78 is 0. The zero-order valence-corrected chi connectivity index (χ0v) is 18.2. The van der Waals surface area contributed by atoms with Crippen molar-refractivity contribution < 1.29 is 24.3 Å². The van der Waals surface area contributed by atoms with E-state index in [1.54, 1.807) is 0 Å². The first-order valence-corrected chi connectivity index (χ1v) is 9.09. The summed E-state index contributed by atoms with van der Waals surface area (Å²) >= 11 is 4.83. The second-order valence-electron chi connectivity index (χ2n) is 5.79. The quantitative estimate of drug-likeness (QED) is 0.224. The number of carbonyl (C=O) groups is 1. The van der Waals surface area contributed by atoms with Gasteiger partial charge < -0.3 is 22.3 Å². The van der Waals surface area contributed by atoms with E-state index < -0.39 is 0 Å². The molecule has 0 heterocycles. The third kappa shape index (κ3) is 16.5. The van der Waals surface area contributed by atoms with Gasteiger partial charge in [0, 0.05) is 32.6 Å². The zero-order chi connectivity index (χ0) is 15.1. The molecule has 0 saturated heterocycles. The normalized spacial score (nSPS) is 10.2. The molecule has 0 aliphatic carbocycles. The van der Waals surface area contributed by atoms with Gasteiger partial charge >= 0.3 is 0 Å². The molecule has 1 amide bonds. The molecule has 0 aromatic heterocycles. The Kier molecular flexibility index (Phi) is 20.6. The summed E-state index contributed by atoms with van der Waals surface area (Å²) in [5.41, 5.74) is 0. The Balaban J connectivity index is 0. The van der Waals surface area contributed by atoms with Crippen molar-refractivity contribution in [2.45, 2.75) is 90.9 Å². The largest absolute Gasteiger partial charge is 0.719 e. The van der Waals surface area contributed by atoms with Gasteiger partial charge in [-0.1, -0.05) is 78.1 Å². The Hall–Kier alpha value is 0.313. The van der Waals surface area contributed by atoms with Crippen molar-refractivity contribution in [1.82, 2.24) is 4.90 Å². The van der Waals surface area contributed by atoms with Gasteiger partial charge in [-0.2, -0.15) is 0 Å². The van der Waals surface area contributed by atoms with E-state index in [-0.39, 0.29) is 24.7 Å². The first-order chi connectivity index (χ1) is 9.72. The fraction of sp³-hybridized carbons (Fsp3) is 0.941. The van der Waals surface area contributed by atoms with Gasteiger partial charge in [0.25, 0.3) is 0 Å². The van der Waals surface area contributed by atoms with Gasteiger partial charge in [0.05, 0.1) is 0 Å². The van der Waals surface area contributed by atoms with E-state index >= 15 is 0 Å². The van der Waals surface area contributed by atoms with Gasteiger partial charge in [0.1, 0.15) is 5.24 Å². The summed E-state index contributed by atoms with van der Waals surface area (Å²) in [4.78, 5) is 13.3. The molecule has 0 radical (unpaired) electrons. The summed E-state index contributed by atoms with van der Waals surface area (Å²) in [6, 6.07) is 0. The number of carbonyl (C=O) groups excluding carboxylic acids is 1. The van der Waals surface area contributed by atoms with Crippen molar-refractivity contribution in [2.24, 2.45) is 0 Å². The van der Waals surface area contributed by atoms with E-state index in [0.717, 1.165) is 25.9 Å². The van der Waals surface area contributed by atoms with E-state index in [1.807, 2.05) is 4.90 Å². The molecule has 0 N–H and O–H groups in total. The van der Waals surface area contributed by atoms with Crippen molar-refractivity contribution in [3.8, 4) is 0 Å². The maximum Gasteiger partial charge on any atom is 0.101 e. The van der Waals surface area contributed by atoms with E-state index in [1.165, 1.54) is 64.2 Å². The minimum Gasteiger partial charge on any atom is -0.719 e. The molecule has 0 atom stereocenters. The average Bonchev–Trinajstić information content (AvgIpc) is 2.43. The summed E-state index contributed by atoms with van der Waals surface area (Å²) in [6.45, 7) is 6.20. The molecule has 0 aromatic rings. The van der Waals surface area contributed by atoms with Gasteiger partial charge in [-0.15, -0.1) is 0 Å². The van der Waals surface area contributed by atoms with Crippen molar-refractivity contribution in [1.29, 1.82) is 0 Å². The predicted octanol–water partition coefficient (Wildman–Crippen LogP) is 5.67. The molecule has 4 heteroatoms. The first-order valence-electron chi connectivity index (χ1n) is 8.68. The van der Waals surface area contributed by atoms with Crippen molar-refractivity contribution >= 4 is 17.9 Å². The van der Waals surface area contributed by atoms with Crippen molar-refractivity contribution in [2.75, 3.05) is 13.1 Å². The van der Waals surface area contributed by atoms with Crippen LogP contribution in [0.15, 0.2) is 0 Å². The van der Waals surface area contributed by atoms with Gasteiger partial charge in [-0.3, -0.25) is 0 Å². The van der Waals surface area contributed by atoms with Gasteiger partial charge in [-0.25, -0.2) is 0 Å². The molecule has 0 aliphatic heterocycles. The number of hydrogen-bond acceptors (Lipinski definition) is 2. The molecule has 2 nitrogen and oxygen atoms in total. The molecule has 0 bridgehead atoms. The molecule has 0 saturated carbocycles. The second kappa shape index (κ2) is 18.4. The molecule has 21 heavy (non-hydrogen) atoms. The Labute approximate surface area is 151 Å². The molecule has 0 spiro atoms. The summed E-state index contributed by atoms with van der Waals surface area (Å²) in [7, 11) is 0. The van der Waals surface area contributed by atoms with Crippen LogP contribution in [-0.2, 0) is 32.1 Å². The molecular formula is C17H34NOSZn-. The molecule has 0 aromatic carbocycles. The van der Waals surface area contributed by atoms with Crippen LogP contribution in [0.2, 0.25) is 0 Å². The molecule has 0 fully saturated rings. The average molecular weight is 366 g/mol. The third-order valence-electron chi connectivity index (χ3n) is 3.82. The van der Waals surface area contributed by atoms with Crippen LogP contribution in [0.4, 0.5) is 4.79 Å². The zero-order valence-electron chi connectivity index (χ0n) is 14.4. The smallest absolute Gasteiger partial charge is 0.101 e. The molecule has 0 unspecified atom stereocenters. The fourth-order valence-corrected chi connectivity index (χ4v) is 2.64. The molecule has 122 valence electrons. The Bertz CT molecular complexity index is 211. The van der Waals surface area contributed by atoms with E-state index in [2.05, 4.69) is 13.8 Å². The van der Waals surface area contributed by atoms with Crippen LogP contribution in [0, 0.1) is 0 Å². The van der Waals surface area contributed by atoms with Crippen molar-refractivity contribution in [3.05, 3.63) is 0 Å². The van der Waals surface area contributed by atoms with Crippen LogP contribution in [0.5, 0.6) is 0 Å². The van der Waals surface area contributed by atoms with Crippen LogP contribution in [0.3, 0.4) is 0 Å². The summed E-state index contributed by atoms with van der Waals surface area (Å²) in [5.74, 6) is 0. The predicted molar refractivity (Wildman–Crippen MR) is 91.1 cm³/mol. The van der Waals surface area contributed by atoms with Gasteiger partial charge in [0.15, 0.2) is 0 Å². The molecule has 0 aliphatic rings. The third-order valence-corrected chi connectivity index (χ3v) is 4.08. The second-order valence-corrected chi connectivity index (χ2v) is 6.14. The minimum absolute atomic E-state index is 0. The van der Waals surface area contributed by atoms with Crippen LogP contribution in [-0.4, -0.2) is 23.2 Å². The number of nitrogens with zero attached hydrogens (tertiary/aromatic N) is 1. The van der Waals surface area contributed by atoms with Crippen LogP contribution in [0.1, 0.15) is 90.9 Å². The van der Waals surface area contributed by atoms with E-state index in [9.17, 15) is 4.79 Å². The van der Waals surface area contributed by atoms with Crippen LogP contribution >= 0.6 is 0 Å². The number of hydrogen-bond donors (Lipinski definition) is 0. The maximum absolute atomic E-state index is 11.4. The first kappa shape index (κ1) is 23.6. The molecular weight excluding hydrogens is 332 g/mol. The van der Waals surface area contributed by atoms with Crippen molar-refractivity contribution in [3.63, 3.8) is 0 Å².